The maximum absolute atomic E-state index is 6.59. The molecule has 0 amide bonds. The Morgan fingerprint density at radius 2 is 0.814 bits per heavy atom. The molecule has 13 rings (SSSR count). The fraction of sp³-hybridized carbons (Fsp3) is 0. The molecule has 0 aliphatic heterocycles. The summed E-state index contributed by atoms with van der Waals surface area (Å²) in [6, 6.07) is 56.8. The van der Waals surface area contributed by atoms with Crippen molar-refractivity contribution in [1.82, 2.24) is 15.0 Å². The Bertz CT molecular complexity index is 3720. The van der Waals surface area contributed by atoms with Crippen LogP contribution in [0, 0.1) is 0 Å². The van der Waals surface area contributed by atoms with Crippen LogP contribution in [0.15, 0.2) is 188 Å². The van der Waals surface area contributed by atoms with Crippen molar-refractivity contribution in [1.29, 1.82) is 0 Å². The van der Waals surface area contributed by atoms with Gasteiger partial charge in [-0.1, -0.05) is 97.1 Å². The molecule has 0 aliphatic carbocycles. The Balaban J connectivity index is 1.15. The fourth-order valence-corrected chi connectivity index (χ4v) is 8.73. The van der Waals surface area contributed by atoms with Gasteiger partial charge in [0.1, 0.15) is 44.7 Å². The van der Waals surface area contributed by atoms with Crippen molar-refractivity contribution in [2.45, 2.75) is 0 Å². The molecule has 0 spiro atoms. The number of fused-ring (bicyclic) bond motifs is 12. The smallest absolute Gasteiger partial charge is 0.238 e. The summed E-state index contributed by atoms with van der Waals surface area (Å²) in [5.74, 6) is 1.36. The molecular weight excluding hydrogens is 733 g/mol. The minimum Gasteiger partial charge on any atom is -0.456 e. The Hall–Kier alpha value is -8.23. The van der Waals surface area contributed by atoms with Crippen LogP contribution >= 0.6 is 0 Å². The van der Waals surface area contributed by atoms with Crippen LogP contribution in [-0.4, -0.2) is 15.0 Å². The molecule has 276 valence electrons. The summed E-state index contributed by atoms with van der Waals surface area (Å²) in [6.07, 6.45) is 0. The number of aromatic nitrogens is 3. The predicted molar refractivity (Wildman–Crippen MR) is 234 cm³/mol. The summed E-state index contributed by atoms with van der Waals surface area (Å²) < 4.78 is 25.8. The van der Waals surface area contributed by atoms with E-state index in [0.717, 1.165) is 105 Å². The lowest BCUT2D eigenvalue weighted by molar-refractivity contribution is 0.668. The van der Waals surface area contributed by atoms with Gasteiger partial charge in [0, 0.05) is 37.9 Å². The molecule has 0 fully saturated rings. The largest absolute Gasteiger partial charge is 0.456 e. The van der Waals surface area contributed by atoms with Crippen molar-refractivity contribution < 1.29 is 17.7 Å². The molecule has 0 atom stereocenters. The van der Waals surface area contributed by atoms with E-state index in [9.17, 15) is 0 Å². The van der Waals surface area contributed by atoms with Crippen molar-refractivity contribution in [3.05, 3.63) is 170 Å². The van der Waals surface area contributed by atoms with Crippen LogP contribution < -0.4 is 4.90 Å². The van der Waals surface area contributed by atoms with E-state index in [0.29, 0.717) is 23.2 Å². The van der Waals surface area contributed by atoms with Gasteiger partial charge in [0.2, 0.25) is 5.95 Å². The normalized spacial score (nSPS) is 12.1. The van der Waals surface area contributed by atoms with Crippen molar-refractivity contribution in [2.24, 2.45) is 0 Å². The monoisotopic (exact) mass is 760 g/mol. The van der Waals surface area contributed by atoms with Gasteiger partial charge in [0.15, 0.2) is 11.6 Å². The third kappa shape index (κ3) is 4.74. The first-order valence-corrected chi connectivity index (χ1v) is 19.4. The number of hydrogen-bond donors (Lipinski definition) is 0. The van der Waals surface area contributed by atoms with Gasteiger partial charge in [-0.2, -0.15) is 9.97 Å². The zero-order valence-electron chi connectivity index (χ0n) is 31.1. The van der Waals surface area contributed by atoms with E-state index in [1.54, 1.807) is 0 Å². The molecule has 0 aliphatic rings. The van der Waals surface area contributed by atoms with Gasteiger partial charge in [-0.3, -0.25) is 4.90 Å². The molecule has 0 bridgehead atoms. The van der Waals surface area contributed by atoms with Crippen LogP contribution in [0.5, 0.6) is 0 Å². The quantitative estimate of drug-likeness (QED) is 0.171. The second-order valence-corrected chi connectivity index (χ2v) is 14.7. The Labute approximate surface area is 334 Å². The highest BCUT2D eigenvalue weighted by Crippen LogP contribution is 2.47. The Morgan fingerprint density at radius 1 is 0.339 bits per heavy atom. The number of anilines is 3. The van der Waals surface area contributed by atoms with E-state index in [1.807, 2.05) is 121 Å². The van der Waals surface area contributed by atoms with Crippen LogP contribution in [0.2, 0.25) is 0 Å². The zero-order valence-corrected chi connectivity index (χ0v) is 31.1. The third-order valence-corrected chi connectivity index (χ3v) is 11.3. The van der Waals surface area contributed by atoms with Gasteiger partial charge in [0.05, 0.1) is 27.7 Å². The Kier molecular flexibility index (Phi) is 6.56. The summed E-state index contributed by atoms with van der Waals surface area (Å²) in [5.41, 5.74) is 9.40. The van der Waals surface area contributed by atoms with E-state index in [4.69, 9.17) is 32.6 Å². The molecule has 5 aromatic heterocycles. The second kappa shape index (κ2) is 12.1. The summed E-state index contributed by atoms with van der Waals surface area (Å²) in [6.45, 7) is 0. The lowest BCUT2D eigenvalue weighted by Gasteiger charge is -2.25. The van der Waals surface area contributed by atoms with E-state index < -0.39 is 0 Å². The number of rotatable bonds is 5. The highest BCUT2D eigenvalue weighted by Gasteiger charge is 2.27. The summed E-state index contributed by atoms with van der Waals surface area (Å²) in [5, 5.41) is 7.82. The van der Waals surface area contributed by atoms with Crippen molar-refractivity contribution in [2.75, 3.05) is 4.90 Å². The first-order valence-electron chi connectivity index (χ1n) is 19.4. The molecule has 8 nitrogen and oxygen atoms in total. The average molecular weight is 761 g/mol. The standard InChI is InChI=1S/C51H28N4O4/c1-6-21-40-30(12-1)32-16-9-17-35(48(32)59-40)50-52-49(29-26-27-43-36(28-29)31-13-2-5-20-39(31)56-43)53-51(54-50)55(37-18-10-24-44-46(37)33-14-3-7-22-41(33)57-44)38-19-11-25-45-47(38)34-15-4-8-23-42(34)58-45/h1-28H. The molecule has 5 heterocycles. The lowest BCUT2D eigenvalue weighted by atomic mass is 10.1. The van der Waals surface area contributed by atoms with Gasteiger partial charge >= 0.3 is 0 Å². The second-order valence-electron chi connectivity index (χ2n) is 14.7. The van der Waals surface area contributed by atoms with E-state index in [-0.39, 0.29) is 0 Å². The van der Waals surface area contributed by atoms with E-state index in [2.05, 4.69) is 53.4 Å². The predicted octanol–water partition coefficient (Wildman–Crippen LogP) is 14.3. The maximum Gasteiger partial charge on any atom is 0.238 e. The van der Waals surface area contributed by atoms with Crippen LogP contribution in [0.3, 0.4) is 0 Å². The molecule has 0 saturated carbocycles. The van der Waals surface area contributed by atoms with Gasteiger partial charge in [0.25, 0.3) is 0 Å². The summed E-state index contributed by atoms with van der Waals surface area (Å²) >= 11 is 0. The molecule has 0 radical (unpaired) electrons. The van der Waals surface area contributed by atoms with Gasteiger partial charge in [-0.25, -0.2) is 4.98 Å². The number of furan rings is 4. The number of hydrogen-bond acceptors (Lipinski definition) is 8. The van der Waals surface area contributed by atoms with E-state index in [1.165, 1.54) is 0 Å². The van der Waals surface area contributed by atoms with Crippen LogP contribution in [0.25, 0.3) is 111 Å². The SMILES string of the molecule is c1ccc2c(c1)oc1ccc(-c3nc(-c4cccc5c4oc4ccccc45)nc(N(c4cccc5oc6ccccc6c45)c4cccc5oc6ccccc6c45)n3)cc12. The van der Waals surface area contributed by atoms with Gasteiger partial charge in [-0.05, 0) is 72.8 Å². The summed E-state index contributed by atoms with van der Waals surface area (Å²) in [4.78, 5) is 18.2. The molecule has 8 aromatic carbocycles. The molecule has 59 heavy (non-hydrogen) atoms. The molecule has 0 unspecified atom stereocenters. The first-order chi connectivity index (χ1) is 29.2. The van der Waals surface area contributed by atoms with Crippen LogP contribution in [0.1, 0.15) is 0 Å². The minimum absolute atomic E-state index is 0.408. The zero-order chi connectivity index (χ0) is 38.6. The van der Waals surface area contributed by atoms with Crippen molar-refractivity contribution in [3.63, 3.8) is 0 Å². The van der Waals surface area contributed by atoms with Crippen molar-refractivity contribution >= 4 is 105 Å². The lowest BCUT2D eigenvalue weighted by Crippen LogP contribution is -2.16. The van der Waals surface area contributed by atoms with Gasteiger partial charge < -0.3 is 17.7 Å². The topological polar surface area (TPSA) is 94.5 Å². The highest BCUT2D eigenvalue weighted by molar-refractivity contribution is 6.18. The summed E-state index contributed by atoms with van der Waals surface area (Å²) in [7, 11) is 0. The average Bonchev–Trinajstić information content (AvgIpc) is 4.06. The molecular formula is C51H28N4O4. The maximum atomic E-state index is 6.59. The number of para-hydroxylation sites is 5. The minimum atomic E-state index is 0.408. The first kappa shape index (κ1) is 31.9. The van der Waals surface area contributed by atoms with Crippen molar-refractivity contribution in [3.8, 4) is 22.8 Å². The highest BCUT2D eigenvalue weighted by atomic mass is 16.3. The number of nitrogens with zero attached hydrogens (tertiary/aromatic N) is 4. The van der Waals surface area contributed by atoms with Crippen LogP contribution in [0.4, 0.5) is 17.3 Å². The number of benzene rings is 8. The van der Waals surface area contributed by atoms with E-state index >= 15 is 0 Å². The molecule has 8 heteroatoms. The Morgan fingerprint density at radius 3 is 1.47 bits per heavy atom. The van der Waals surface area contributed by atoms with Gasteiger partial charge in [-0.15, -0.1) is 0 Å². The molecule has 0 saturated heterocycles. The fourth-order valence-electron chi connectivity index (χ4n) is 8.73. The molecule has 13 aromatic rings. The van der Waals surface area contributed by atoms with Crippen LogP contribution in [-0.2, 0) is 0 Å². The third-order valence-electron chi connectivity index (χ3n) is 11.3. The molecule has 0 N–H and O–H groups in total.